The van der Waals surface area contributed by atoms with Crippen molar-refractivity contribution in [2.45, 2.75) is 32.7 Å². The lowest BCUT2D eigenvalue weighted by atomic mass is 10.1. The largest absolute Gasteiger partial charge is 0.573 e. The molecule has 1 heterocycles. The second-order valence-electron chi connectivity index (χ2n) is 10.6. The molecule has 0 bridgehead atoms. The first kappa shape index (κ1) is 35.4. The minimum absolute atomic E-state index is 0.00347. The summed E-state index contributed by atoms with van der Waals surface area (Å²) in [7, 11) is 0. The van der Waals surface area contributed by atoms with E-state index in [1.54, 1.807) is 24.3 Å². The van der Waals surface area contributed by atoms with E-state index in [1.807, 2.05) is 31.2 Å². The van der Waals surface area contributed by atoms with Crippen molar-refractivity contribution in [1.29, 1.82) is 0 Å². The van der Waals surface area contributed by atoms with Gasteiger partial charge in [-0.2, -0.15) is 4.98 Å². The van der Waals surface area contributed by atoms with E-state index in [-0.39, 0.29) is 18.2 Å². The number of ether oxygens (including phenoxy) is 2. The van der Waals surface area contributed by atoms with Crippen molar-refractivity contribution in [2.75, 3.05) is 42.2 Å². The molecule has 3 amide bonds. The van der Waals surface area contributed by atoms with Gasteiger partial charge in [0.1, 0.15) is 0 Å². The number of carbonyl (C=O) groups is 2. The highest BCUT2D eigenvalue weighted by Gasteiger charge is 2.32. The summed E-state index contributed by atoms with van der Waals surface area (Å²) in [6, 6.07) is 19.3. The van der Waals surface area contributed by atoms with E-state index in [2.05, 4.69) is 35.6 Å². The van der Waals surface area contributed by atoms with Gasteiger partial charge in [-0.3, -0.25) is 20.3 Å². The minimum Gasteiger partial charge on any atom is -0.449 e. The SMILES string of the molecule is Cc1ccccc1NC(=O)Nc1nc(=O)c(-c2ccc(CN(CCCN)CCCOC(=O)Nc3ccccc3OC(F)(F)F)cc2)c[nH]1. The van der Waals surface area contributed by atoms with Crippen LogP contribution in [0, 0.1) is 6.92 Å². The first-order chi connectivity index (χ1) is 23.0. The molecule has 4 rings (SSSR count). The number of urea groups is 1. The standard InChI is InChI=1S/C33H36F3N7O5/c1-22-8-2-3-9-26(22)39-31(45)42-30-38-20-25(29(44)41-30)24-14-12-23(13-15-24)21-43(17-6-16-37)18-7-19-47-32(46)40-27-10-4-5-11-28(27)48-33(34,35)36/h2-5,8-15,20H,6-7,16-19,21,37H2,1H3,(H,40,46)(H3,38,39,41,42,44,45). The van der Waals surface area contributed by atoms with E-state index in [0.29, 0.717) is 49.4 Å². The molecule has 15 heteroatoms. The zero-order chi connectivity index (χ0) is 34.5. The molecule has 3 aromatic carbocycles. The fourth-order valence-corrected chi connectivity index (χ4v) is 4.66. The molecule has 6 N–H and O–H groups in total. The second-order valence-corrected chi connectivity index (χ2v) is 10.6. The Morgan fingerprint density at radius 3 is 2.29 bits per heavy atom. The monoisotopic (exact) mass is 667 g/mol. The van der Waals surface area contributed by atoms with Gasteiger partial charge in [0.05, 0.1) is 17.9 Å². The van der Waals surface area contributed by atoms with Gasteiger partial charge in [-0.1, -0.05) is 54.6 Å². The third kappa shape index (κ3) is 11.1. The number of H-pyrrole nitrogens is 1. The van der Waals surface area contributed by atoms with Gasteiger partial charge in [0, 0.05) is 25.0 Å². The molecule has 1 aromatic heterocycles. The molecule has 0 spiro atoms. The Labute approximate surface area is 274 Å². The lowest BCUT2D eigenvalue weighted by Crippen LogP contribution is -2.28. The average molecular weight is 668 g/mol. The maximum absolute atomic E-state index is 12.8. The zero-order valence-electron chi connectivity index (χ0n) is 26.1. The number of nitrogens with zero attached hydrogens (tertiary/aromatic N) is 2. The average Bonchev–Trinajstić information content (AvgIpc) is 3.04. The molecular weight excluding hydrogens is 631 g/mol. The van der Waals surface area contributed by atoms with Crippen molar-refractivity contribution in [3.05, 3.63) is 100 Å². The number of para-hydroxylation sites is 3. The van der Waals surface area contributed by atoms with Crippen LogP contribution in [-0.4, -0.2) is 59.6 Å². The number of benzene rings is 3. The molecule has 48 heavy (non-hydrogen) atoms. The van der Waals surface area contributed by atoms with E-state index in [0.717, 1.165) is 23.6 Å². The molecule has 0 aliphatic carbocycles. The molecule has 0 aliphatic rings. The summed E-state index contributed by atoms with van der Waals surface area (Å²) >= 11 is 0. The second kappa shape index (κ2) is 16.9. The fourth-order valence-electron chi connectivity index (χ4n) is 4.66. The van der Waals surface area contributed by atoms with Gasteiger partial charge in [-0.05, 0) is 67.7 Å². The van der Waals surface area contributed by atoms with Gasteiger partial charge in [-0.15, -0.1) is 13.2 Å². The maximum Gasteiger partial charge on any atom is 0.573 e. The number of anilines is 3. The lowest BCUT2D eigenvalue weighted by molar-refractivity contribution is -0.274. The smallest absolute Gasteiger partial charge is 0.449 e. The van der Waals surface area contributed by atoms with E-state index in [9.17, 15) is 27.6 Å². The van der Waals surface area contributed by atoms with Crippen LogP contribution in [0.5, 0.6) is 5.75 Å². The number of amides is 3. The zero-order valence-corrected chi connectivity index (χ0v) is 26.1. The molecule has 0 unspecified atom stereocenters. The van der Waals surface area contributed by atoms with E-state index >= 15 is 0 Å². The molecule has 4 aromatic rings. The predicted molar refractivity (Wildman–Crippen MR) is 176 cm³/mol. The van der Waals surface area contributed by atoms with Crippen LogP contribution in [0.25, 0.3) is 11.1 Å². The highest BCUT2D eigenvalue weighted by Crippen LogP contribution is 2.30. The Morgan fingerprint density at radius 2 is 1.60 bits per heavy atom. The molecular formula is C33H36F3N7O5. The van der Waals surface area contributed by atoms with Gasteiger partial charge in [0.2, 0.25) is 5.95 Å². The Bertz CT molecular complexity index is 1730. The van der Waals surface area contributed by atoms with Crippen molar-refractivity contribution in [3.8, 4) is 16.9 Å². The number of aromatic amines is 1. The number of rotatable bonds is 14. The molecule has 0 atom stereocenters. The number of nitrogens with one attached hydrogen (secondary N) is 4. The number of halogens is 3. The molecule has 0 aliphatic heterocycles. The quantitative estimate of drug-likeness (QED) is 0.101. The number of alkyl halides is 3. The maximum atomic E-state index is 12.8. The Morgan fingerprint density at radius 1 is 0.917 bits per heavy atom. The minimum atomic E-state index is -4.91. The topological polar surface area (TPSA) is 164 Å². The van der Waals surface area contributed by atoms with E-state index in [1.165, 1.54) is 24.4 Å². The summed E-state index contributed by atoms with van der Waals surface area (Å²) in [5.74, 6) is -0.543. The Hall–Kier alpha value is -5.41. The summed E-state index contributed by atoms with van der Waals surface area (Å²) < 4.78 is 47.0. The normalized spacial score (nSPS) is 11.2. The van der Waals surface area contributed by atoms with Gasteiger partial charge in [-0.25, -0.2) is 9.59 Å². The van der Waals surface area contributed by atoms with Crippen LogP contribution in [0.3, 0.4) is 0 Å². The number of carbonyl (C=O) groups excluding carboxylic acids is 2. The first-order valence-electron chi connectivity index (χ1n) is 15.0. The summed E-state index contributed by atoms with van der Waals surface area (Å²) in [5, 5.41) is 7.51. The van der Waals surface area contributed by atoms with Crippen LogP contribution < -0.4 is 32.0 Å². The van der Waals surface area contributed by atoms with Crippen LogP contribution >= 0.6 is 0 Å². The molecule has 0 radical (unpaired) electrons. The highest BCUT2D eigenvalue weighted by molar-refractivity contribution is 5.99. The summed E-state index contributed by atoms with van der Waals surface area (Å²) in [6.07, 6.45) is -3.13. The van der Waals surface area contributed by atoms with Gasteiger partial charge in [0.25, 0.3) is 5.56 Å². The molecule has 0 saturated heterocycles. The first-order valence-corrected chi connectivity index (χ1v) is 15.0. The van der Waals surface area contributed by atoms with Crippen LogP contribution in [0.2, 0.25) is 0 Å². The third-order valence-electron chi connectivity index (χ3n) is 6.97. The number of hydrogen-bond donors (Lipinski definition) is 5. The van der Waals surface area contributed by atoms with Crippen LogP contribution in [-0.2, 0) is 11.3 Å². The van der Waals surface area contributed by atoms with Crippen molar-refractivity contribution < 1.29 is 32.2 Å². The van der Waals surface area contributed by atoms with Gasteiger partial charge in [0.15, 0.2) is 5.75 Å². The highest BCUT2D eigenvalue weighted by atomic mass is 19.4. The fraction of sp³-hybridized carbons (Fsp3) is 0.273. The number of aromatic nitrogens is 2. The van der Waals surface area contributed by atoms with Gasteiger partial charge >= 0.3 is 18.5 Å². The molecule has 12 nitrogen and oxygen atoms in total. The third-order valence-corrected chi connectivity index (χ3v) is 6.97. The number of nitrogens with two attached hydrogens (primary N) is 1. The van der Waals surface area contributed by atoms with Crippen molar-refractivity contribution in [2.24, 2.45) is 5.73 Å². The molecule has 0 saturated carbocycles. The summed E-state index contributed by atoms with van der Waals surface area (Å²) in [5.41, 5.74) is 8.48. The number of aryl methyl sites for hydroxylation is 1. The Balaban J connectivity index is 1.28. The Kier molecular flexibility index (Phi) is 12.5. The van der Waals surface area contributed by atoms with Crippen LogP contribution in [0.1, 0.15) is 24.0 Å². The van der Waals surface area contributed by atoms with Crippen molar-refractivity contribution >= 4 is 29.4 Å². The lowest BCUT2D eigenvalue weighted by Gasteiger charge is -2.22. The van der Waals surface area contributed by atoms with E-state index < -0.39 is 29.8 Å². The van der Waals surface area contributed by atoms with Crippen molar-refractivity contribution in [1.82, 2.24) is 14.9 Å². The predicted octanol–water partition coefficient (Wildman–Crippen LogP) is 6.08. The molecule has 254 valence electrons. The number of hydrogen-bond acceptors (Lipinski definition) is 8. The molecule has 0 fully saturated rings. The van der Waals surface area contributed by atoms with E-state index in [4.69, 9.17) is 10.5 Å². The van der Waals surface area contributed by atoms with Crippen LogP contribution in [0.4, 0.5) is 40.1 Å². The summed E-state index contributed by atoms with van der Waals surface area (Å²) in [6.45, 7) is 4.17. The van der Waals surface area contributed by atoms with Crippen LogP contribution in [0.15, 0.2) is 83.8 Å². The van der Waals surface area contributed by atoms with Gasteiger partial charge < -0.3 is 25.5 Å². The summed E-state index contributed by atoms with van der Waals surface area (Å²) in [4.78, 5) is 46.3. The van der Waals surface area contributed by atoms with Crippen molar-refractivity contribution in [3.63, 3.8) is 0 Å².